The molecule has 1 unspecified atom stereocenters. The molecule has 0 N–H and O–H groups in total. The Hall–Kier alpha value is -0.297. The van der Waals surface area contributed by atoms with E-state index in [9.17, 15) is 0 Å². The van der Waals surface area contributed by atoms with Crippen molar-refractivity contribution in [3.63, 3.8) is 0 Å². The van der Waals surface area contributed by atoms with Gasteiger partial charge in [-0.25, -0.2) is 0 Å². The molecule has 0 nitrogen and oxygen atoms in total. The Bertz CT molecular complexity index is 358. The molecule has 1 aliphatic carbocycles. The van der Waals surface area contributed by atoms with Crippen LogP contribution in [0.25, 0.3) is 6.08 Å². The average Bonchev–Trinajstić information content (AvgIpc) is 2.39. The Balaban J connectivity index is 0.000000980. The van der Waals surface area contributed by atoms with Crippen molar-refractivity contribution in [1.82, 2.24) is 0 Å². The summed E-state index contributed by atoms with van der Waals surface area (Å²) in [6.45, 7) is 4.62. The van der Waals surface area contributed by atoms with E-state index in [1.165, 1.54) is 11.1 Å². The molecule has 1 aliphatic rings. The number of rotatable bonds is 1. The second kappa shape index (κ2) is 5.70. The molecule has 0 aliphatic heterocycles. The maximum Gasteiger partial charge on any atom is -1.00 e. The number of fused-ring (bicyclic) bond motifs is 1. The van der Waals surface area contributed by atoms with E-state index in [4.69, 9.17) is 0 Å². The summed E-state index contributed by atoms with van der Waals surface area (Å²) in [5.41, 5.74) is 2.97. The van der Waals surface area contributed by atoms with Crippen LogP contribution in [0.5, 0.6) is 0 Å². The third kappa shape index (κ3) is 2.63. The monoisotopic (exact) mass is 285 g/mol. The van der Waals surface area contributed by atoms with E-state index in [1.807, 2.05) is 0 Å². The molecule has 0 saturated carbocycles. The van der Waals surface area contributed by atoms with Gasteiger partial charge in [0.1, 0.15) is 0 Å². The van der Waals surface area contributed by atoms with Gasteiger partial charge in [-0.15, -0.1) is 0 Å². The zero-order chi connectivity index (χ0) is 9.42. The molecular weight excluding hydrogens is 273 g/mol. The van der Waals surface area contributed by atoms with E-state index in [1.54, 1.807) is 28.0 Å². The van der Waals surface area contributed by atoms with Gasteiger partial charge >= 0.3 is 95.2 Å². The van der Waals surface area contributed by atoms with Gasteiger partial charge in [-0.3, -0.25) is 0 Å². The van der Waals surface area contributed by atoms with E-state index in [-0.39, 0.29) is 9.41 Å². The van der Waals surface area contributed by atoms with Crippen molar-refractivity contribution in [3.05, 3.63) is 38.7 Å². The Morgan fingerprint density at radius 3 is 2.33 bits per heavy atom. The van der Waals surface area contributed by atoms with Crippen LogP contribution < -0.4 is 9.41 Å². The maximum atomic E-state index is 2.36. The van der Waals surface area contributed by atoms with Crippen molar-refractivity contribution in [2.24, 2.45) is 5.92 Å². The van der Waals surface area contributed by atoms with E-state index in [0.29, 0.717) is 5.92 Å². The molecule has 15 heavy (non-hydrogen) atoms. The van der Waals surface area contributed by atoms with Crippen LogP contribution in [0.2, 0.25) is 0 Å². The summed E-state index contributed by atoms with van der Waals surface area (Å²) in [4.78, 5) is 0. The molecule has 1 atom stereocenters. The molecule has 3 heteroatoms. The van der Waals surface area contributed by atoms with Crippen LogP contribution >= 0.6 is 0 Å². The van der Waals surface area contributed by atoms with Crippen molar-refractivity contribution in [2.75, 3.05) is 0 Å². The first-order chi connectivity index (χ1) is 6.20. The molecule has 0 saturated heterocycles. The Kier molecular flexibility index (Phi) is 5.58. The quantitative estimate of drug-likeness (QED) is 0.529. The largest absolute Gasteiger partial charge is 1.00 e. The number of benzene rings is 1. The zero-order valence-electron chi connectivity index (χ0n) is 8.80. The second-order valence-corrected chi connectivity index (χ2v) is 5.37. The molecule has 0 spiro atoms. The fourth-order valence-electron chi connectivity index (χ4n) is 2.07. The van der Waals surface area contributed by atoms with Gasteiger partial charge in [0.15, 0.2) is 0 Å². The van der Waals surface area contributed by atoms with Gasteiger partial charge in [-0.05, 0) is 0 Å². The van der Waals surface area contributed by atoms with Crippen molar-refractivity contribution >= 4 is 6.08 Å². The molecule has 0 radical (unpaired) electrons. The van der Waals surface area contributed by atoms with Crippen LogP contribution in [0, 0.1) is 5.92 Å². The third-order valence-corrected chi connectivity index (χ3v) is 3.76. The minimum atomic E-state index is 0. The molecule has 1 aromatic rings. The Morgan fingerprint density at radius 1 is 1.13 bits per heavy atom. The summed E-state index contributed by atoms with van der Waals surface area (Å²) in [7, 11) is 0. The van der Waals surface area contributed by atoms with E-state index in [0.717, 1.165) is 5.92 Å². The topological polar surface area (TPSA) is 0 Å². The Labute approximate surface area is 104 Å². The average molecular weight is 286 g/mol. The molecule has 0 heterocycles. The van der Waals surface area contributed by atoms with Gasteiger partial charge in [0.2, 0.25) is 0 Å². The van der Waals surface area contributed by atoms with Crippen LogP contribution in [-0.2, 0) is 24.7 Å². The fourth-order valence-corrected chi connectivity index (χ4v) is 3.65. The second-order valence-electron chi connectivity index (χ2n) is 3.95. The van der Waals surface area contributed by atoms with E-state index >= 15 is 0 Å². The van der Waals surface area contributed by atoms with Crippen molar-refractivity contribution in [3.8, 4) is 0 Å². The first-order valence-electron chi connectivity index (χ1n) is 4.72. The zero-order valence-corrected chi connectivity index (χ0v) is 11.3. The van der Waals surface area contributed by atoms with Gasteiger partial charge in [0.25, 0.3) is 0 Å². The maximum absolute atomic E-state index is 2.36. The summed E-state index contributed by atoms with van der Waals surface area (Å²) in [6, 6.07) is 8.77. The number of hydrogen-bond acceptors (Lipinski definition) is 0. The molecule has 79 valence electrons. The third-order valence-electron chi connectivity index (χ3n) is 2.64. The summed E-state index contributed by atoms with van der Waals surface area (Å²) in [5.74, 6) is 1.42. The van der Waals surface area contributed by atoms with Crippen molar-refractivity contribution < 1.29 is 34.1 Å². The van der Waals surface area contributed by atoms with Gasteiger partial charge in [0, 0.05) is 0 Å². The summed E-state index contributed by atoms with van der Waals surface area (Å²) < 4.78 is 1.60. The molecular formula is C12H13F2Zr. The van der Waals surface area contributed by atoms with Crippen LogP contribution in [0.15, 0.2) is 27.5 Å². The van der Waals surface area contributed by atoms with Crippen molar-refractivity contribution in [2.45, 2.75) is 19.8 Å². The number of hydrogen-bond donors (Lipinski definition) is 0. The minimum Gasteiger partial charge on any atom is -1.00 e. The number of halogens is 2. The normalized spacial score (nSPS) is 17.7. The smallest absolute Gasteiger partial charge is 1.00 e. The predicted molar refractivity (Wildman–Crippen MR) is 52.0 cm³/mol. The van der Waals surface area contributed by atoms with Gasteiger partial charge in [-0.2, -0.15) is 0 Å². The first-order valence-corrected chi connectivity index (χ1v) is 5.95. The van der Waals surface area contributed by atoms with E-state index < -0.39 is 0 Å². The van der Waals surface area contributed by atoms with Crippen LogP contribution in [0.4, 0.5) is 0 Å². The van der Waals surface area contributed by atoms with Crippen LogP contribution in [0.3, 0.4) is 0 Å². The van der Waals surface area contributed by atoms with Crippen LogP contribution in [0.1, 0.15) is 30.9 Å². The SMILES string of the molecule is CC(C)C1[C]([Zr+2])=Cc2ccccc21.[F-].[F-]. The first kappa shape index (κ1) is 14.7. The van der Waals surface area contributed by atoms with Gasteiger partial charge < -0.3 is 9.41 Å². The van der Waals surface area contributed by atoms with Gasteiger partial charge in [0.05, 0.1) is 0 Å². The minimum absolute atomic E-state index is 0. The van der Waals surface area contributed by atoms with E-state index in [2.05, 4.69) is 44.2 Å². The molecule has 0 fully saturated rings. The standard InChI is InChI=1S/C12H13.2FH.Zr/c1-9(2)11-8-7-10-5-3-4-6-12(10)11;;;/h3-7,9,11H,1-2H3;2*1H;/q;;;+2/p-2. The number of allylic oxidation sites excluding steroid dienone is 1. The molecule has 2 rings (SSSR count). The molecule has 0 bridgehead atoms. The fraction of sp³-hybridized carbons (Fsp3) is 0.333. The molecule has 0 aromatic heterocycles. The predicted octanol–water partition coefficient (Wildman–Crippen LogP) is -2.66. The summed E-state index contributed by atoms with van der Waals surface area (Å²) >= 11 is 1.57. The summed E-state index contributed by atoms with van der Waals surface area (Å²) in [6.07, 6.45) is 2.36. The summed E-state index contributed by atoms with van der Waals surface area (Å²) in [5, 5.41) is 0. The molecule has 1 aromatic carbocycles. The van der Waals surface area contributed by atoms with Crippen molar-refractivity contribution in [1.29, 1.82) is 0 Å². The van der Waals surface area contributed by atoms with Crippen LogP contribution in [-0.4, -0.2) is 0 Å². The molecule has 0 amide bonds. The Morgan fingerprint density at radius 2 is 1.73 bits per heavy atom. The van der Waals surface area contributed by atoms with Gasteiger partial charge in [-0.1, -0.05) is 0 Å².